The summed E-state index contributed by atoms with van der Waals surface area (Å²) in [4.78, 5) is 72.8. The summed E-state index contributed by atoms with van der Waals surface area (Å²) in [5, 5.41) is 10.6. The van der Waals surface area contributed by atoms with Gasteiger partial charge in [-0.15, -0.1) is 0 Å². The lowest BCUT2D eigenvalue weighted by Gasteiger charge is -2.21. The number of carbonyl (C=O) groups is 4. The van der Waals surface area contributed by atoms with Crippen molar-refractivity contribution in [2.45, 2.75) is 399 Å². The third kappa shape index (κ3) is 69.8. The summed E-state index contributed by atoms with van der Waals surface area (Å²) in [6.07, 6.45) is 63.0. The van der Waals surface area contributed by atoms with Crippen molar-refractivity contribution < 1.29 is 80.2 Å². The maximum absolute atomic E-state index is 13.1. The molecule has 0 radical (unpaired) electrons. The quantitative estimate of drug-likeness (QED) is 0.0169. The van der Waals surface area contributed by atoms with Gasteiger partial charge in [0.15, 0.2) is 12.2 Å². The number of allylic oxidation sites excluding steroid dienone is 4. The van der Waals surface area contributed by atoms with Crippen molar-refractivity contribution in [1.29, 1.82) is 0 Å². The molecule has 0 aliphatic carbocycles. The Kier molecular flexibility index (Phi) is 68.2. The molecule has 17 nitrogen and oxygen atoms in total. The first-order valence-electron chi connectivity index (χ1n) is 39.1. The van der Waals surface area contributed by atoms with Crippen LogP contribution in [0.4, 0.5) is 0 Å². The molecule has 0 heterocycles. The molecule has 0 aromatic rings. The standard InChI is InChI=1S/C76H144O17P2/c1-5-9-13-17-21-25-29-33-35-37-39-43-47-51-55-59-63-76(81)93-72(67-87-74(79)61-57-53-49-45-42-38-36-34-30-26-22-18-14-10-6-2)69-91-95(84,85)89-65-70(77)64-88-94(82,83)90-68-71(92-75(80)62-58-54-50-46-41-32-28-24-20-16-12-8-4)66-86-73(78)60-56-52-48-44-40-31-27-23-19-15-11-7-3/h26,30,34,36,70-72,77H,5-25,27-29,31-33,35,37-69H2,1-4H3,(H,82,83)(H,84,85)/b30-26-,36-34-/t70-,71+,72+/m0/s1. The van der Waals surface area contributed by atoms with Crippen molar-refractivity contribution >= 4 is 39.5 Å². The van der Waals surface area contributed by atoms with Crippen LogP contribution in [0.1, 0.15) is 381 Å². The molecule has 560 valence electrons. The number of ether oxygens (including phenoxy) is 4. The Morgan fingerprint density at radius 1 is 0.295 bits per heavy atom. The molecule has 3 N–H and O–H groups in total. The predicted octanol–water partition coefficient (Wildman–Crippen LogP) is 22.2. The molecule has 5 atom stereocenters. The van der Waals surface area contributed by atoms with Gasteiger partial charge in [-0.2, -0.15) is 0 Å². The van der Waals surface area contributed by atoms with Crippen LogP contribution in [-0.2, 0) is 65.4 Å². The second-order valence-electron chi connectivity index (χ2n) is 26.7. The average molecular weight is 1390 g/mol. The van der Waals surface area contributed by atoms with Gasteiger partial charge in [-0.3, -0.25) is 37.3 Å². The van der Waals surface area contributed by atoms with Crippen LogP contribution >= 0.6 is 15.6 Å². The maximum Gasteiger partial charge on any atom is 0.472 e. The molecular weight excluding hydrogens is 1250 g/mol. The number of esters is 4. The van der Waals surface area contributed by atoms with Gasteiger partial charge in [0.1, 0.15) is 19.3 Å². The van der Waals surface area contributed by atoms with Gasteiger partial charge in [0.05, 0.1) is 26.4 Å². The van der Waals surface area contributed by atoms with Crippen molar-refractivity contribution in [3.63, 3.8) is 0 Å². The SMILES string of the molecule is CCCCCC/C=C\C=C/CCCCCCCC(=O)OC[C@H](COP(=O)(O)OC[C@@H](O)COP(=O)(O)OC[C@@H](COC(=O)CCCCCCCCCCCCCC)OC(=O)CCCCCCCCCCCCCC)OC(=O)CCCCCCCCCCCCCCCCCC. The van der Waals surface area contributed by atoms with Gasteiger partial charge >= 0.3 is 39.5 Å². The van der Waals surface area contributed by atoms with E-state index in [1.807, 2.05) is 0 Å². The van der Waals surface area contributed by atoms with E-state index in [0.29, 0.717) is 25.7 Å². The summed E-state index contributed by atoms with van der Waals surface area (Å²) in [5.74, 6) is -2.14. The zero-order valence-corrected chi connectivity index (χ0v) is 62.9. The van der Waals surface area contributed by atoms with Gasteiger partial charge in [-0.05, 0) is 51.4 Å². The number of aliphatic hydroxyl groups excluding tert-OH is 1. The minimum Gasteiger partial charge on any atom is -0.462 e. The Balaban J connectivity index is 5.29. The largest absolute Gasteiger partial charge is 0.472 e. The van der Waals surface area contributed by atoms with Crippen molar-refractivity contribution in [3.05, 3.63) is 24.3 Å². The summed E-state index contributed by atoms with van der Waals surface area (Å²) in [5.41, 5.74) is 0. The van der Waals surface area contributed by atoms with Gasteiger partial charge in [-0.1, -0.05) is 328 Å². The van der Waals surface area contributed by atoms with Crippen LogP contribution in [0.15, 0.2) is 24.3 Å². The highest BCUT2D eigenvalue weighted by Crippen LogP contribution is 2.45. The molecule has 0 fully saturated rings. The summed E-state index contributed by atoms with van der Waals surface area (Å²) in [6, 6.07) is 0. The van der Waals surface area contributed by atoms with E-state index in [2.05, 4.69) is 52.0 Å². The number of hydrogen-bond acceptors (Lipinski definition) is 15. The summed E-state index contributed by atoms with van der Waals surface area (Å²) < 4.78 is 68.5. The number of carbonyl (C=O) groups excluding carboxylic acids is 4. The van der Waals surface area contributed by atoms with E-state index >= 15 is 0 Å². The van der Waals surface area contributed by atoms with Gasteiger partial charge in [0, 0.05) is 25.7 Å². The Morgan fingerprint density at radius 2 is 0.505 bits per heavy atom. The van der Waals surface area contributed by atoms with Crippen LogP contribution in [0, 0.1) is 0 Å². The van der Waals surface area contributed by atoms with Crippen molar-refractivity contribution in [1.82, 2.24) is 0 Å². The van der Waals surface area contributed by atoms with Crippen molar-refractivity contribution in [2.24, 2.45) is 0 Å². The fourth-order valence-electron chi connectivity index (χ4n) is 11.2. The third-order valence-corrected chi connectivity index (χ3v) is 19.1. The third-order valence-electron chi connectivity index (χ3n) is 17.2. The first-order valence-corrected chi connectivity index (χ1v) is 42.1. The van der Waals surface area contributed by atoms with E-state index in [1.165, 1.54) is 193 Å². The molecule has 0 amide bonds. The normalized spacial score (nSPS) is 14.1. The number of unbranched alkanes of at least 4 members (excludes halogenated alkanes) is 46. The van der Waals surface area contributed by atoms with E-state index in [-0.39, 0.29) is 25.7 Å². The Hall–Kier alpha value is -2.46. The van der Waals surface area contributed by atoms with Crippen molar-refractivity contribution in [2.75, 3.05) is 39.6 Å². The predicted molar refractivity (Wildman–Crippen MR) is 386 cm³/mol. The second-order valence-corrected chi connectivity index (χ2v) is 29.6. The lowest BCUT2D eigenvalue weighted by atomic mass is 10.0. The Bertz CT molecular complexity index is 1900. The van der Waals surface area contributed by atoms with E-state index in [9.17, 15) is 43.2 Å². The lowest BCUT2D eigenvalue weighted by Crippen LogP contribution is -2.30. The monoisotopic (exact) mass is 1390 g/mol. The zero-order chi connectivity index (χ0) is 69.7. The molecule has 0 aromatic heterocycles. The first kappa shape index (κ1) is 92.5. The topological polar surface area (TPSA) is 237 Å². The highest BCUT2D eigenvalue weighted by Gasteiger charge is 2.30. The first-order chi connectivity index (χ1) is 46.2. The average Bonchev–Trinajstić information content (AvgIpc) is 1.61. The molecule has 0 saturated heterocycles. The van der Waals surface area contributed by atoms with E-state index in [4.69, 9.17) is 37.0 Å². The molecule has 19 heteroatoms. The van der Waals surface area contributed by atoms with Crippen LogP contribution in [0.5, 0.6) is 0 Å². The summed E-state index contributed by atoms with van der Waals surface area (Å²) in [6.45, 7) is 4.93. The lowest BCUT2D eigenvalue weighted by molar-refractivity contribution is -0.161. The molecule has 0 rings (SSSR count). The number of phosphoric ester groups is 2. The number of aliphatic hydroxyl groups is 1. The molecule has 0 aliphatic heterocycles. The molecule has 0 spiro atoms. The van der Waals surface area contributed by atoms with Crippen molar-refractivity contribution in [3.8, 4) is 0 Å². The highest BCUT2D eigenvalue weighted by atomic mass is 31.2. The zero-order valence-electron chi connectivity index (χ0n) is 61.1. The maximum atomic E-state index is 13.1. The fourth-order valence-corrected chi connectivity index (χ4v) is 12.8. The minimum atomic E-state index is -4.96. The highest BCUT2D eigenvalue weighted by molar-refractivity contribution is 7.47. The smallest absolute Gasteiger partial charge is 0.462 e. The molecule has 0 saturated carbocycles. The second kappa shape index (κ2) is 70.0. The van der Waals surface area contributed by atoms with Gasteiger partial charge < -0.3 is 33.8 Å². The molecular formula is C76H144O17P2. The Labute approximate surface area is 580 Å². The van der Waals surface area contributed by atoms with Crippen LogP contribution in [0.2, 0.25) is 0 Å². The molecule has 0 bridgehead atoms. The van der Waals surface area contributed by atoms with Gasteiger partial charge in [0.25, 0.3) is 0 Å². The number of phosphoric acid groups is 2. The summed E-state index contributed by atoms with van der Waals surface area (Å²) in [7, 11) is -9.92. The molecule has 2 unspecified atom stereocenters. The van der Waals surface area contributed by atoms with Gasteiger partial charge in [-0.25, -0.2) is 9.13 Å². The van der Waals surface area contributed by atoms with E-state index in [1.54, 1.807) is 0 Å². The Morgan fingerprint density at radius 3 is 0.768 bits per heavy atom. The van der Waals surface area contributed by atoms with Crippen LogP contribution < -0.4 is 0 Å². The fraction of sp³-hybridized carbons (Fsp3) is 0.895. The summed E-state index contributed by atoms with van der Waals surface area (Å²) >= 11 is 0. The molecule has 95 heavy (non-hydrogen) atoms. The van der Waals surface area contributed by atoms with E-state index < -0.39 is 97.5 Å². The number of rotatable bonds is 75. The minimum absolute atomic E-state index is 0.102. The van der Waals surface area contributed by atoms with Crippen LogP contribution in [-0.4, -0.2) is 96.7 Å². The van der Waals surface area contributed by atoms with Crippen LogP contribution in [0.25, 0.3) is 0 Å². The van der Waals surface area contributed by atoms with Crippen LogP contribution in [0.3, 0.4) is 0 Å². The molecule has 0 aliphatic rings. The van der Waals surface area contributed by atoms with E-state index in [0.717, 1.165) is 109 Å². The molecule has 0 aromatic carbocycles. The van der Waals surface area contributed by atoms with Gasteiger partial charge in [0.2, 0.25) is 0 Å². The number of hydrogen-bond donors (Lipinski definition) is 3.